The molecule has 4 aromatic rings. The van der Waals surface area contributed by atoms with Crippen LogP contribution in [0.25, 0.3) is 16.7 Å². The fourth-order valence-electron chi connectivity index (χ4n) is 3.86. The highest BCUT2D eigenvalue weighted by molar-refractivity contribution is 5.83. The van der Waals surface area contributed by atoms with Crippen LogP contribution < -0.4 is 9.80 Å². The van der Waals surface area contributed by atoms with Crippen molar-refractivity contribution in [1.29, 1.82) is 0 Å². The number of aromatic nitrogens is 7. The quantitative estimate of drug-likeness (QED) is 0.499. The van der Waals surface area contributed by atoms with Gasteiger partial charge in [-0.1, -0.05) is 0 Å². The van der Waals surface area contributed by atoms with Gasteiger partial charge < -0.3 is 19.1 Å². The van der Waals surface area contributed by atoms with Crippen LogP contribution in [-0.2, 0) is 11.3 Å². The van der Waals surface area contributed by atoms with E-state index in [2.05, 4.69) is 40.9 Å². The van der Waals surface area contributed by atoms with Gasteiger partial charge in [0.05, 0.1) is 18.6 Å². The van der Waals surface area contributed by atoms with E-state index in [0.717, 1.165) is 66.7 Å². The van der Waals surface area contributed by atoms with Crippen molar-refractivity contribution in [3.63, 3.8) is 0 Å². The van der Waals surface area contributed by atoms with Crippen LogP contribution in [-0.4, -0.2) is 74.0 Å². The molecule has 1 aliphatic heterocycles. The number of methoxy groups -OCH3 is 1. The lowest BCUT2D eigenvalue weighted by Crippen LogP contribution is -2.47. The standard InChI is InChI=1S/C19H23N9O/c1-14-11-15-17(20-3-4-28(15)24-14)25-5-7-26(8-6-25)18-16-19(22-12-21-18)27(13-23-16)9-10-29-2/h3-4,11-13H,5-10H2,1-2H3. The van der Waals surface area contributed by atoms with Crippen molar-refractivity contribution in [2.75, 3.05) is 49.7 Å². The van der Waals surface area contributed by atoms with Crippen molar-refractivity contribution < 1.29 is 4.74 Å². The third-order valence-electron chi connectivity index (χ3n) is 5.29. The molecule has 0 saturated carbocycles. The first-order chi connectivity index (χ1) is 14.2. The summed E-state index contributed by atoms with van der Waals surface area (Å²) in [6.45, 7) is 6.73. The first-order valence-corrected chi connectivity index (χ1v) is 9.70. The van der Waals surface area contributed by atoms with Crippen molar-refractivity contribution in [2.45, 2.75) is 13.5 Å². The fraction of sp³-hybridized carbons (Fsp3) is 0.421. The summed E-state index contributed by atoms with van der Waals surface area (Å²) in [6, 6.07) is 2.08. The normalized spacial score (nSPS) is 15.0. The Labute approximate surface area is 167 Å². The van der Waals surface area contributed by atoms with Crippen molar-refractivity contribution in [3.05, 3.63) is 36.8 Å². The predicted octanol–water partition coefficient (Wildman–Crippen LogP) is 1.15. The molecule has 0 radical (unpaired) electrons. The molecule has 1 aliphatic rings. The van der Waals surface area contributed by atoms with E-state index in [1.165, 1.54) is 0 Å². The number of fused-ring (bicyclic) bond motifs is 2. The molecule has 0 atom stereocenters. The van der Waals surface area contributed by atoms with E-state index >= 15 is 0 Å². The zero-order valence-electron chi connectivity index (χ0n) is 16.6. The summed E-state index contributed by atoms with van der Waals surface area (Å²) >= 11 is 0. The number of hydrogen-bond donors (Lipinski definition) is 0. The largest absolute Gasteiger partial charge is 0.383 e. The van der Waals surface area contributed by atoms with Gasteiger partial charge in [0.2, 0.25) is 0 Å². The Morgan fingerprint density at radius 2 is 1.79 bits per heavy atom. The third kappa shape index (κ3) is 3.15. The number of anilines is 2. The third-order valence-corrected chi connectivity index (χ3v) is 5.29. The predicted molar refractivity (Wildman–Crippen MR) is 109 cm³/mol. The van der Waals surface area contributed by atoms with Crippen LogP contribution >= 0.6 is 0 Å². The van der Waals surface area contributed by atoms with Gasteiger partial charge in [0.15, 0.2) is 22.8 Å². The lowest BCUT2D eigenvalue weighted by Gasteiger charge is -2.36. The van der Waals surface area contributed by atoms with Crippen LogP contribution in [0.15, 0.2) is 31.1 Å². The van der Waals surface area contributed by atoms with Crippen molar-refractivity contribution >= 4 is 28.3 Å². The van der Waals surface area contributed by atoms with Gasteiger partial charge in [-0.15, -0.1) is 0 Å². The molecule has 5 heterocycles. The summed E-state index contributed by atoms with van der Waals surface area (Å²) in [7, 11) is 1.69. The number of aryl methyl sites for hydroxylation is 1. The first-order valence-electron chi connectivity index (χ1n) is 9.70. The van der Waals surface area contributed by atoms with Gasteiger partial charge in [-0.3, -0.25) is 0 Å². The second-order valence-corrected chi connectivity index (χ2v) is 7.14. The maximum absolute atomic E-state index is 5.18. The summed E-state index contributed by atoms with van der Waals surface area (Å²) in [5.74, 6) is 1.86. The molecule has 1 fully saturated rings. The molecular weight excluding hydrogens is 370 g/mol. The van der Waals surface area contributed by atoms with E-state index in [1.54, 1.807) is 13.4 Å². The Morgan fingerprint density at radius 3 is 2.59 bits per heavy atom. The molecule has 0 unspecified atom stereocenters. The van der Waals surface area contributed by atoms with E-state index in [4.69, 9.17) is 4.74 Å². The van der Waals surface area contributed by atoms with E-state index in [9.17, 15) is 0 Å². The minimum atomic E-state index is 0.621. The maximum atomic E-state index is 5.18. The molecule has 5 rings (SSSR count). The highest BCUT2D eigenvalue weighted by Crippen LogP contribution is 2.25. The zero-order chi connectivity index (χ0) is 19.8. The van der Waals surface area contributed by atoms with E-state index in [1.807, 2.05) is 34.7 Å². The molecular formula is C19H23N9O. The minimum absolute atomic E-state index is 0.621. The average Bonchev–Trinajstić information content (AvgIpc) is 3.34. The van der Waals surface area contributed by atoms with Crippen molar-refractivity contribution in [3.8, 4) is 0 Å². The maximum Gasteiger partial charge on any atom is 0.165 e. The second-order valence-electron chi connectivity index (χ2n) is 7.14. The van der Waals surface area contributed by atoms with Crippen LogP contribution in [0.1, 0.15) is 5.69 Å². The minimum Gasteiger partial charge on any atom is -0.383 e. The molecule has 0 amide bonds. The van der Waals surface area contributed by atoms with Crippen LogP contribution in [0, 0.1) is 6.92 Å². The van der Waals surface area contributed by atoms with Gasteiger partial charge in [0, 0.05) is 52.2 Å². The SMILES string of the molecule is COCCn1cnc2c(N3CCN(c4nccn5nc(C)cc45)CC3)ncnc21. The summed E-state index contributed by atoms with van der Waals surface area (Å²) in [5, 5.41) is 4.49. The molecule has 0 aromatic carbocycles. The number of rotatable bonds is 5. The molecule has 150 valence electrons. The van der Waals surface area contributed by atoms with Gasteiger partial charge >= 0.3 is 0 Å². The Balaban J connectivity index is 1.37. The van der Waals surface area contributed by atoms with Crippen molar-refractivity contribution in [2.24, 2.45) is 0 Å². The Hall–Kier alpha value is -3.27. The first kappa shape index (κ1) is 17.8. The molecule has 0 N–H and O–H groups in total. The van der Waals surface area contributed by atoms with Crippen LogP contribution in [0.4, 0.5) is 11.6 Å². The number of ether oxygens (including phenoxy) is 1. The monoisotopic (exact) mass is 393 g/mol. The van der Waals surface area contributed by atoms with E-state index in [0.29, 0.717) is 6.61 Å². The van der Waals surface area contributed by atoms with Gasteiger partial charge in [-0.25, -0.2) is 24.5 Å². The Bertz CT molecular complexity index is 1140. The lowest BCUT2D eigenvalue weighted by molar-refractivity contribution is 0.188. The molecule has 10 heteroatoms. The highest BCUT2D eigenvalue weighted by atomic mass is 16.5. The topological polar surface area (TPSA) is 89.5 Å². The number of hydrogen-bond acceptors (Lipinski definition) is 8. The van der Waals surface area contributed by atoms with Crippen LogP contribution in [0.3, 0.4) is 0 Å². The van der Waals surface area contributed by atoms with E-state index < -0.39 is 0 Å². The smallest absolute Gasteiger partial charge is 0.165 e. The Kier molecular flexibility index (Phi) is 4.47. The summed E-state index contributed by atoms with van der Waals surface area (Å²) in [4.78, 5) is 22.7. The molecule has 10 nitrogen and oxygen atoms in total. The van der Waals surface area contributed by atoms with E-state index in [-0.39, 0.29) is 0 Å². The van der Waals surface area contributed by atoms with Crippen LogP contribution in [0.2, 0.25) is 0 Å². The van der Waals surface area contributed by atoms with Gasteiger partial charge in [-0.05, 0) is 13.0 Å². The number of imidazole rings is 1. The molecule has 0 bridgehead atoms. The van der Waals surface area contributed by atoms with Gasteiger partial charge in [0.25, 0.3) is 0 Å². The highest BCUT2D eigenvalue weighted by Gasteiger charge is 2.23. The number of piperazine rings is 1. The number of nitrogens with zero attached hydrogens (tertiary/aromatic N) is 9. The second kappa shape index (κ2) is 7.28. The average molecular weight is 393 g/mol. The molecule has 0 aliphatic carbocycles. The molecule has 0 spiro atoms. The van der Waals surface area contributed by atoms with Gasteiger partial charge in [-0.2, -0.15) is 5.10 Å². The van der Waals surface area contributed by atoms with Crippen LogP contribution in [0.5, 0.6) is 0 Å². The van der Waals surface area contributed by atoms with Gasteiger partial charge in [0.1, 0.15) is 11.8 Å². The Morgan fingerprint density at radius 1 is 1.00 bits per heavy atom. The fourth-order valence-corrected chi connectivity index (χ4v) is 3.86. The molecule has 4 aromatic heterocycles. The lowest BCUT2D eigenvalue weighted by atomic mass is 10.3. The zero-order valence-corrected chi connectivity index (χ0v) is 16.6. The molecule has 29 heavy (non-hydrogen) atoms. The summed E-state index contributed by atoms with van der Waals surface area (Å²) in [5.41, 5.74) is 3.71. The summed E-state index contributed by atoms with van der Waals surface area (Å²) < 4.78 is 9.08. The van der Waals surface area contributed by atoms with Crippen molar-refractivity contribution in [1.82, 2.24) is 34.1 Å². The summed E-state index contributed by atoms with van der Waals surface area (Å²) in [6.07, 6.45) is 7.12. The molecule has 1 saturated heterocycles.